The molecule has 5 rings (SSSR count). The summed E-state index contributed by atoms with van der Waals surface area (Å²) in [6, 6.07) is 5.02. The molecule has 3 aliphatic rings. The number of likely N-dealkylation sites (N-methyl/N-ethyl adjacent to an activating group) is 1. The van der Waals surface area contributed by atoms with Crippen molar-refractivity contribution in [2.45, 2.75) is 98.4 Å². The van der Waals surface area contributed by atoms with E-state index in [9.17, 15) is 10.1 Å². The minimum atomic E-state index is -0.275. The highest BCUT2D eigenvalue weighted by Gasteiger charge is 2.55. The molecule has 39 heavy (non-hydrogen) atoms. The zero-order valence-electron chi connectivity index (χ0n) is 25.3. The van der Waals surface area contributed by atoms with Gasteiger partial charge in [0, 0.05) is 24.5 Å². The number of nitrogens with one attached hydrogen (secondary N) is 1. The number of amides is 1. The first-order chi connectivity index (χ1) is 18.4. The Morgan fingerprint density at radius 3 is 2.31 bits per heavy atom. The van der Waals surface area contributed by atoms with Crippen molar-refractivity contribution in [2.75, 3.05) is 20.7 Å². The monoisotopic (exact) mass is 528 g/mol. The van der Waals surface area contributed by atoms with Gasteiger partial charge < -0.3 is 10.1 Å². The molecule has 0 saturated carbocycles. The van der Waals surface area contributed by atoms with Crippen LogP contribution in [0, 0.1) is 58.8 Å². The Labute approximate surface area is 234 Å². The highest BCUT2D eigenvalue weighted by atomic mass is 16.5. The molecular formula is C33H44N4O2. The third kappa shape index (κ3) is 4.00. The van der Waals surface area contributed by atoms with E-state index >= 15 is 0 Å². The van der Waals surface area contributed by atoms with Crippen LogP contribution in [0.5, 0.6) is 5.75 Å². The minimum absolute atomic E-state index is 0.0566. The third-order valence-electron chi connectivity index (χ3n) is 10.3. The SMILES string of the molecule is COc1c(C)cc2c(c1C)[C@@H]1[C@@H]3Cc4c(C)c(C)c(C)c(C)c4[C@H](CNC(=O)C(C)C)N3[C@@H](C#N)[C@H](C2)N1C. The molecule has 2 aromatic rings. The fourth-order valence-electron chi connectivity index (χ4n) is 8.00. The summed E-state index contributed by atoms with van der Waals surface area (Å²) in [7, 11) is 3.97. The number of benzene rings is 2. The van der Waals surface area contributed by atoms with Gasteiger partial charge in [0.2, 0.25) is 5.91 Å². The summed E-state index contributed by atoms with van der Waals surface area (Å²) in [5.41, 5.74) is 13.1. The van der Waals surface area contributed by atoms with Gasteiger partial charge in [0.1, 0.15) is 11.8 Å². The van der Waals surface area contributed by atoms with E-state index in [1.165, 1.54) is 50.1 Å². The predicted molar refractivity (Wildman–Crippen MR) is 155 cm³/mol. The van der Waals surface area contributed by atoms with E-state index in [4.69, 9.17) is 4.74 Å². The van der Waals surface area contributed by atoms with Crippen molar-refractivity contribution in [1.82, 2.24) is 15.1 Å². The minimum Gasteiger partial charge on any atom is -0.496 e. The van der Waals surface area contributed by atoms with Crippen LogP contribution in [0.1, 0.15) is 81.6 Å². The van der Waals surface area contributed by atoms with Gasteiger partial charge in [-0.15, -0.1) is 0 Å². The number of methoxy groups -OCH3 is 1. The van der Waals surface area contributed by atoms with Gasteiger partial charge in [0.05, 0.1) is 25.3 Å². The zero-order valence-corrected chi connectivity index (χ0v) is 25.3. The molecule has 208 valence electrons. The van der Waals surface area contributed by atoms with Crippen LogP contribution in [0.25, 0.3) is 0 Å². The summed E-state index contributed by atoms with van der Waals surface area (Å²) >= 11 is 0. The number of nitriles is 1. The lowest BCUT2D eigenvalue weighted by Gasteiger charge is -2.60. The molecule has 1 saturated heterocycles. The fraction of sp³-hybridized carbons (Fsp3) is 0.576. The second-order valence-electron chi connectivity index (χ2n) is 12.4. The molecule has 6 nitrogen and oxygen atoms in total. The Balaban J connectivity index is 1.75. The second kappa shape index (κ2) is 9.94. The molecule has 2 aromatic carbocycles. The molecule has 5 atom stereocenters. The second-order valence-corrected chi connectivity index (χ2v) is 12.4. The number of aryl methyl sites for hydroxylation is 1. The van der Waals surface area contributed by atoms with Crippen molar-refractivity contribution < 1.29 is 9.53 Å². The maximum Gasteiger partial charge on any atom is 0.222 e. The Morgan fingerprint density at radius 2 is 1.69 bits per heavy atom. The predicted octanol–water partition coefficient (Wildman–Crippen LogP) is 5.09. The highest BCUT2D eigenvalue weighted by Crippen LogP contribution is 2.52. The molecule has 0 spiro atoms. The molecule has 3 aliphatic heterocycles. The van der Waals surface area contributed by atoms with Gasteiger partial charge >= 0.3 is 0 Å². The number of fused-ring (bicyclic) bond motifs is 7. The number of hydrogen-bond donors (Lipinski definition) is 1. The first-order valence-corrected chi connectivity index (χ1v) is 14.4. The number of hydrogen-bond acceptors (Lipinski definition) is 5. The van der Waals surface area contributed by atoms with Crippen molar-refractivity contribution in [2.24, 2.45) is 5.92 Å². The molecule has 0 aromatic heterocycles. The van der Waals surface area contributed by atoms with Gasteiger partial charge in [-0.1, -0.05) is 19.9 Å². The number of piperazine rings is 1. The maximum atomic E-state index is 12.8. The summed E-state index contributed by atoms with van der Waals surface area (Å²) < 4.78 is 5.89. The van der Waals surface area contributed by atoms with Gasteiger partial charge in [-0.2, -0.15) is 5.26 Å². The molecule has 3 heterocycles. The summed E-state index contributed by atoms with van der Waals surface area (Å²) in [5, 5.41) is 14.0. The first kappa shape index (κ1) is 27.7. The molecular weight excluding hydrogens is 484 g/mol. The van der Waals surface area contributed by atoms with Crippen LogP contribution in [0.2, 0.25) is 0 Å². The van der Waals surface area contributed by atoms with Gasteiger partial charge in [-0.05, 0) is 117 Å². The van der Waals surface area contributed by atoms with Crippen molar-refractivity contribution in [3.63, 3.8) is 0 Å². The van der Waals surface area contributed by atoms with E-state index < -0.39 is 0 Å². The Bertz CT molecular complexity index is 1390. The van der Waals surface area contributed by atoms with Crippen LogP contribution in [0.4, 0.5) is 0 Å². The van der Waals surface area contributed by atoms with Crippen LogP contribution in [0.15, 0.2) is 6.07 Å². The fourth-order valence-corrected chi connectivity index (χ4v) is 8.00. The average Bonchev–Trinajstić information content (AvgIpc) is 2.89. The number of ether oxygens (including phenoxy) is 1. The van der Waals surface area contributed by atoms with Crippen molar-refractivity contribution in [3.8, 4) is 11.8 Å². The van der Waals surface area contributed by atoms with Crippen LogP contribution in [-0.4, -0.2) is 54.5 Å². The van der Waals surface area contributed by atoms with E-state index in [0.29, 0.717) is 6.54 Å². The van der Waals surface area contributed by atoms with Crippen LogP contribution < -0.4 is 10.1 Å². The lowest BCUT2D eigenvalue weighted by Crippen LogP contribution is -2.69. The number of carbonyl (C=O) groups excluding carboxylic acids is 1. The van der Waals surface area contributed by atoms with Gasteiger partial charge in [0.25, 0.3) is 0 Å². The highest BCUT2D eigenvalue weighted by molar-refractivity contribution is 5.78. The lowest BCUT2D eigenvalue weighted by molar-refractivity contribution is -0.125. The third-order valence-corrected chi connectivity index (χ3v) is 10.3. The molecule has 0 aliphatic carbocycles. The van der Waals surface area contributed by atoms with Crippen molar-refractivity contribution in [3.05, 3.63) is 61.7 Å². The molecule has 0 unspecified atom stereocenters. The van der Waals surface area contributed by atoms with Crippen LogP contribution in [-0.2, 0) is 17.6 Å². The molecule has 1 N–H and O–H groups in total. The quantitative estimate of drug-likeness (QED) is 0.599. The van der Waals surface area contributed by atoms with Crippen molar-refractivity contribution in [1.29, 1.82) is 5.26 Å². The summed E-state index contributed by atoms with van der Waals surface area (Å²) in [6.07, 6.45) is 1.71. The molecule has 2 bridgehead atoms. The summed E-state index contributed by atoms with van der Waals surface area (Å²) in [6.45, 7) is 17.6. The van der Waals surface area contributed by atoms with Crippen LogP contribution >= 0.6 is 0 Å². The number of nitrogens with zero attached hydrogens (tertiary/aromatic N) is 3. The summed E-state index contributed by atoms with van der Waals surface area (Å²) in [5.74, 6) is 0.932. The normalized spacial score (nSPS) is 25.9. The largest absolute Gasteiger partial charge is 0.496 e. The maximum absolute atomic E-state index is 12.8. The van der Waals surface area contributed by atoms with E-state index in [-0.39, 0.29) is 42.0 Å². The Morgan fingerprint density at radius 1 is 1.03 bits per heavy atom. The zero-order chi connectivity index (χ0) is 28.5. The standard InChI is InChI=1S/C33H44N4O2/c1-16(2)33(38)35-15-28-30-21(7)19(5)18(4)20(6)24(30)13-26-31-29-22(8)32(39-10)17(3)11-23(29)12-25(36(31)9)27(14-34)37(26)28/h11,16,25-28,31H,12-13,15H2,1-10H3,(H,35,38)/t25-,26-,27-,28-,31-/m0/s1. The summed E-state index contributed by atoms with van der Waals surface area (Å²) in [4.78, 5) is 17.8. The van der Waals surface area contributed by atoms with E-state index in [1.54, 1.807) is 7.11 Å². The number of rotatable bonds is 4. The van der Waals surface area contributed by atoms with E-state index in [2.05, 4.69) is 75.8 Å². The van der Waals surface area contributed by atoms with E-state index in [0.717, 1.165) is 24.2 Å². The topological polar surface area (TPSA) is 68.6 Å². The number of carbonyl (C=O) groups is 1. The Hall–Kier alpha value is -2.88. The lowest BCUT2D eigenvalue weighted by atomic mass is 9.69. The van der Waals surface area contributed by atoms with Crippen LogP contribution in [0.3, 0.4) is 0 Å². The van der Waals surface area contributed by atoms with Crippen molar-refractivity contribution >= 4 is 5.91 Å². The van der Waals surface area contributed by atoms with E-state index in [1.807, 2.05) is 13.8 Å². The average molecular weight is 529 g/mol. The molecule has 1 amide bonds. The van der Waals surface area contributed by atoms with Gasteiger partial charge in [-0.25, -0.2) is 0 Å². The van der Waals surface area contributed by atoms with Gasteiger partial charge in [-0.3, -0.25) is 14.6 Å². The van der Waals surface area contributed by atoms with Gasteiger partial charge in [0.15, 0.2) is 0 Å². The molecule has 0 radical (unpaired) electrons. The Kier molecular flexibility index (Phi) is 7.06. The molecule has 6 heteroatoms. The first-order valence-electron chi connectivity index (χ1n) is 14.4. The smallest absolute Gasteiger partial charge is 0.222 e. The molecule has 1 fully saturated rings.